The van der Waals surface area contributed by atoms with Crippen molar-refractivity contribution < 1.29 is 14.0 Å². The Morgan fingerprint density at radius 2 is 1.68 bits per heavy atom. The lowest BCUT2D eigenvalue weighted by Crippen LogP contribution is -2.12. The van der Waals surface area contributed by atoms with Crippen LogP contribution in [0.1, 0.15) is 28.7 Å². The highest BCUT2D eigenvalue weighted by Gasteiger charge is 2.28. The molecule has 0 spiro atoms. The molecule has 3 aromatic rings. The second kappa shape index (κ2) is 9.89. The fraction of sp³-hybridized carbons (Fsp3) is 0.185. The molecule has 0 saturated heterocycles. The quantitative estimate of drug-likeness (QED) is 0.441. The van der Waals surface area contributed by atoms with Gasteiger partial charge in [0.05, 0.1) is 17.0 Å². The minimum Gasteiger partial charge on any atom is -0.370 e. The number of benzene rings is 3. The summed E-state index contributed by atoms with van der Waals surface area (Å²) in [6, 6.07) is 19.9. The predicted molar refractivity (Wildman–Crippen MR) is 133 cm³/mol. The van der Waals surface area contributed by atoms with E-state index >= 15 is 0 Å². The van der Waals surface area contributed by atoms with Crippen LogP contribution in [-0.4, -0.2) is 30.8 Å². The van der Waals surface area contributed by atoms with E-state index in [1.807, 2.05) is 62.6 Å². The summed E-state index contributed by atoms with van der Waals surface area (Å²) in [5.41, 5.74) is 11.2. The average molecular weight is 459 g/mol. The number of carbonyl (C=O) groups is 2. The molecule has 2 amide bonds. The SMILES string of the molecule is CN(C)Cc1ccc(NC(=C2C(=O)Nc3cc(F)ccc32)c2ccc(CCC(N)=O)cc2)cc1. The van der Waals surface area contributed by atoms with Gasteiger partial charge in [-0.05, 0) is 67.5 Å². The van der Waals surface area contributed by atoms with Crippen molar-refractivity contribution in [2.24, 2.45) is 5.73 Å². The molecule has 174 valence electrons. The van der Waals surface area contributed by atoms with E-state index in [9.17, 15) is 14.0 Å². The van der Waals surface area contributed by atoms with Crippen LogP contribution in [0.25, 0.3) is 11.3 Å². The van der Waals surface area contributed by atoms with Crippen LogP contribution >= 0.6 is 0 Å². The van der Waals surface area contributed by atoms with Gasteiger partial charge in [-0.3, -0.25) is 9.59 Å². The maximum absolute atomic E-state index is 13.8. The Balaban J connectivity index is 1.74. The summed E-state index contributed by atoms with van der Waals surface area (Å²) in [4.78, 5) is 26.2. The van der Waals surface area contributed by atoms with E-state index in [0.717, 1.165) is 23.4 Å². The van der Waals surface area contributed by atoms with Gasteiger partial charge in [-0.25, -0.2) is 4.39 Å². The molecule has 0 unspecified atom stereocenters. The number of anilines is 2. The summed E-state index contributed by atoms with van der Waals surface area (Å²) < 4.78 is 13.8. The van der Waals surface area contributed by atoms with Crippen LogP contribution in [0.3, 0.4) is 0 Å². The van der Waals surface area contributed by atoms with E-state index < -0.39 is 5.82 Å². The monoisotopic (exact) mass is 458 g/mol. The molecule has 0 fully saturated rings. The van der Waals surface area contributed by atoms with Crippen LogP contribution in [0.4, 0.5) is 15.8 Å². The zero-order valence-electron chi connectivity index (χ0n) is 19.2. The largest absolute Gasteiger partial charge is 0.370 e. The topological polar surface area (TPSA) is 87.5 Å². The first-order chi connectivity index (χ1) is 16.3. The standard InChI is InChI=1S/C27H27FN4O2/c1-32(2)16-18-5-11-21(12-6-18)30-26(19-8-3-17(4-9-19)7-14-24(29)33)25-22-13-10-20(28)15-23(22)31-27(25)34/h3-6,8-13,15,30H,7,14,16H2,1-2H3,(H2,29,33)(H,31,34). The van der Waals surface area contributed by atoms with Crippen molar-refractivity contribution in [3.05, 3.63) is 94.8 Å². The third kappa shape index (κ3) is 5.32. The number of nitrogens with one attached hydrogen (secondary N) is 2. The minimum atomic E-state index is -0.412. The summed E-state index contributed by atoms with van der Waals surface area (Å²) in [5, 5.41) is 6.18. The van der Waals surface area contributed by atoms with Crippen molar-refractivity contribution in [3.8, 4) is 0 Å². The Morgan fingerprint density at radius 3 is 2.32 bits per heavy atom. The molecule has 0 aromatic heterocycles. The number of nitrogens with two attached hydrogens (primary N) is 1. The molecular weight excluding hydrogens is 431 g/mol. The molecule has 1 heterocycles. The predicted octanol–water partition coefficient (Wildman–Crippen LogP) is 4.24. The molecule has 4 N–H and O–H groups in total. The summed E-state index contributed by atoms with van der Waals surface area (Å²) in [5.74, 6) is -1.06. The van der Waals surface area contributed by atoms with Crippen molar-refractivity contribution in [2.75, 3.05) is 24.7 Å². The van der Waals surface area contributed by atoms with Gasteiger partial charge < -0.3 is 21.3 Å². The van der Waals surface area contributed by atoms with Gasteiger partial charge >= 0.3 is 0 Å². The van der Waals surface area contributed by atoms with Crippen LogP contribution < -0.4 is 16.4 Å². The molecule has 0 bridgehead atoms. The molecule has 4 rings (SSSR count). The normalized spacial score (nSPS) is 14.1. The highest BCUT2D eigenvalue weighted by atomic mass is 19.1. The number of hydrogen-bond donors (Lipinski definition) is 3. The molecule has 0 saturated carbocycles. The fourth-order valence-corrected chi connectivity index (χ4v) is 3.98. The third-order valence-corrected chi connectivity index (χ3v) is 5.60. The molecule has 3 aromatic carbocycles. The third-order valence-electron chi connectivity index (χ3n) is 5.60. The molecule has 1 aliphatic heterocycles. The van der Waals surface area contributed by atoms with E-state index in [0.29, 0.717) is 28.9 Å². The van der Waals surface area contributed by atoms with Crippen molar-refractivity contribution in [1.82, 2.24) is 4.90 Å². The average Bonchev–Trinajstić information content (AvgIpc) is 3.11. The number of carbonyl (C=O) groups excluding carboxylic acids is 2. The number of nitrogens with zero attached hydrogens (tertiary/aromatic N) is 1. The van der Waals surface area contributed by atoms with Crippen LogP contribution in [0, 0.1) is 5.82 Å². The van der Waals surface area contributed by atoms with E-state index in [1.54, 1.807) is 6.07 Å². The first-order valence-electron chi connectivity index (χ1n) is 11.0. The molecule has 0 radical (unpaired) electrons. The Kier molecular flexibility index (Phi) is 6.75. The van der Waals surface area contributed by atoms with Gasteiger partial charge in [-0.2, -0.15) is 0 Å². The van der Waals surface area contributed by atoms with Crippen LogP contribution in [0.5, 0.6) is 0 Å². The van der Waals surface area contributed by atoms with Gasteiger partial charge in [0, 0.05) is 24.2 Å². The van der Waals surface area contributed by atoms with Crippen molar-refractivity contribution in [2.45, 2.75) is 19.4 Å². The number of hydrogen-bond acceptors (Lipinski definition) is 4. The Hall–Kier alpha value is -3.97. The van der Waals surface area contributed by atoms with E-state index in [-0.39, 0.29) is 18.2 Å². The lowest BCUT2D eigenvalue weighted by molar-refractivity contribution is -0.118. The fourth-order valence-electron chi connectivity index (χ4n) is 3.98. The molecule has 34 heavy (non-hydrogen) atoms. The first kappa shape index (κ1) is 23.2. The lowest BCUT2D eigenvalue weighted by atomic mass is 9.98. The Bertz CT molecular complexity index is 1250. The minimum absolute atomic E-state index is 0.270. The molecule has 6 nitrogen and oxygen atoms in total. The van der Waals surface area contributed by atoms with Crippen LogP contribution in [0.15, 0.2) is 66.7 Å². The maximum Gasteiger partial charge on any atom is 0.258 e. The molecule has 0 aliphatic carbocycles. The first-order valence-corrected chi connectivity index (χ1v) is 11.0. The van der Waals surface area contributed by atoms with Gasteiger partial charge in [-0.15, -0.1) is 0 Å². The summed E-state index contributed by atoms with van der Waals surface area (Å²) in [6.45, 7) is 0.822. The molecule has 7 heteroatoms. The van der Waals surface area contributed by atoms with Crippen LogP contribution in [-0.2, 0) is 22.6 Å². The molecule has 0 atom stereocenters. The van der Waals surface area contributed by atoms with E-state index in [2.05, 4.69) is 15.5 Å². The van der Waals surface area contributed by atoms with Gasteiger partial charge in [0.15, 0.2) is 0 Å². The van der Waals surface area contributed by atoms with E-state index in [1.165, 1.54) is 17.7 Å². The summed E-state index contributed by atoms with van der Waals surface area (Å²) >= 11 is 0. The van der Waals surface area contributed by atoms with Gasteiger partial charge in [0.1, 0.15) is 5.82 Å². The molecule has 1 aliphatic rings. The van der Waals surface area contributed by atoms with Crippen molar-refractivity contribution >= 4 is 34.5 Å². The highest BCUT2D eigenvalue weighted by Crippen LogP contribution is 2.38. The van der Waals surface area contributed by atoms with Crippen molar-refractivity contribution in [1.29, 1.82) is 0 Å². The van der Waals surface area contributed by atoms with Crippen molar-refractivity contribution in [3.63, 3.8) is 0 Å². The number of halogens is 1. The number of primary amides is 1. The summed E-state index contributed by atoms with van der Waals surface area (Å²) in [7, 11) is 4.03. The Labute approximate surface area is 198 Å². The van der Waals surface area contributed by atoms with Gasteiger partial charge in [-0.1, -0.05) is 36.4 Å². The van der Waals surface area contributed by atoms with E-state index in [4.69, 9.17) is 5.73 Å². The zero-order chi connectivity index (χ0) is 24.2. The second-order valence-corrected chi connectivity index (χ2v) is 8.62. The maximum atomic E-state index is 13.8. The molecular formula is C27H27FN4O2. The Morgan fingerprint density at radius 1 is 1.00 bits per heavy atom. The number of amides is 2. The smallest absolute Gasteiger partial charge is 0.258 e. The van der Waals surface area contributed by atoms with Gasteiger partial charge in [0.2, 0.25) is 5.91 Å². The number of aryl methyl sites for hydroxylation is 1. The summed E-state index contributed by atoms with van der Waals surface area (Å²) in [6.07, 6.45) is 0.817. The van der Waals surface area contributed by atoms with Gasteiger partial charge in [0.25, 0.3) is 5.91 Å². The van der Waals surface area contributed by atoms with Crippen LogP contribution in [0.2, 0.25) is 0 Å². The zero-order valence-corrected chi connectivity index (χ0v) is 19.2. The second-order valence-electron chi connectivity index (χ2n) is 8.62. The highest BCUT2D eigenvalue weighted by molar-refractivity contribution is 6.37. The number of rotatable bonds is 8. The number of fused-ring (bicyclic) bond motifs is 1. The lowest BCUT2D eigenvalue weighted by Gasteiger charge is -2.16.